The number of oxazole rings is 1. The van der Waals surface area contributed by atoms with Gasteiger partial charge in [-0.2, -0.15) is 4.52 Å². The fourth-order valence-electron chi connectivity index (χ4n) is 4.51. The normalized spacial score (nSPS) is 14.6. The van der Waals surface area contributed by atoms with E-state index in [1.165, 1.54) is 4.52 Å². The Hall–Kier alpha value is -4.11. The van der Waals surface area contributed by atoms with E-state index in [2.05, 4.69) is 10.1 Å². The Balaban J connectivity index is 1.55. The number of nitrogens with zero attached hydrogens (tertiary/aromatic N) is 3. The summed E-state index contributed by atoms with van der Waals surface area (Å²) in [5, 5.41) is 3.16. The van der Waals surface area contributed by atoms with E-state index in [9.17, 15) is 4.79 Å². The van der Waals surface area contributed by atoms with Crippen LogP contribution >= 0.6 is 0 Å². The second kappa shape index (κ2) is 8.59. The molecule has 0 bridgehead atoms. The lowest BCUT2D eigenvalue weighted by molar-refractivity contribution is 0.0238. The van der Waals surface area contributed by atoms with Gasteiger partial charge in [-0.25, -0.2) is 9.97 Å². The average molecular weight is 473 g/mol. The maximum atomic E-state index is 13.8. The summed E-state index contributed by atoms with van der Waals surface area (Å²) in [5.41, 5.74) is 3.67. The molecular weight excluding hydrogens is 448 g/mol. The number of methoxy groups -OCH3 is 1. The molecule has 0 aliphatic carbocycles. The van der Waals surface area contributed by atoms with Crippen LogP contribution in [0.2, 0.25) is 0 Å². The summed E-state index contributed by atoms with van der Waals surface area (Å²) in [6, 6.07) is 15.2. The molecule has 0 saturated carbocycles. The average Bonchev–Trinajstić information content (AvgIpc) is 3.46. The molecule has 1 saturated heterocycles. The van der Waals surface area contributed by atoms with Gasteiger partial charge in [-0.05, 0) is 24.6 Å². The monoisotopic (exact) mass is 472 g/mol. The number of rotatable bonds is 5. The summed E-state index contributed by atoms with van der Waals surface area (Å²) in [7, 11) is 1.57. The zero-order chi connectivity index (χ0) is 23.9. The molecule has 3 aromatic heterocycles. The number of benzene rings is 2. The number of aromatic amines is 1. The third kappa shape index (κ3) is 3.64. The van der Waals surface area contributed by atoms with Gasteiger partial charge in [-0.1, -0.05) is 36.4 Å². The van der Waals surface area contributed by atoms with Crippen LogP contribution in [0.4, 0.5) is 0 Å². The number of hydrogen-bond donors (Lipinski definition) is 1. The molecule has 0 atom stereocenters. The van der Waals surface area contributed by atoms with Gasteiger partial charge in [-0.15, -0.1) is 0 Å². The van der Waals surface area contributed by atoms with Gasteiger partial charge in [0.2, 0.25) is 11.8 Å². The van der Waals surface area contributed by atoms with E-state index >= 15 is 0 Å². The molecule has 1 fully saturated rings. The maximum absolute atomic E-state index is 13.8. The molecule has 2 aromatic carbocycles. The minimum Gasteiger partial charge on any atom is -0.494 e. The van der Waals surface area contributed by atoms with Crippen LogP contribution in [0.5, 0.6) is 11.6 Å². The van der Waals surface area contributed by atoms with Crippen LogP contribution in [0.15, 0.2) is 57.7 Å². The lowest BCUT2D eigenvalue weighted by Gasteiger charge is -2.22. The van der Waals surface area contributed by atoms with E-state index < -0.39 is 0 Å². The first kappa shape index (κ1) is 21.4. The van der Waals surface area contributed by atoms with Crippen molar-refractivity contribution in [2.24, 2.45) is 0 Å². The predicted octanol–water partition coefficient (Wildman–Crippen LogP) is 4.37. The summed E-state index contributed by atoms with van der Waals surface area (Å²) >= 11 is 0. The predicted molar refractivity (Wildman–Crippen MR) is 130 cm³/mol. The third-order valence-corrected chi connectivity index (χ3v) is 6.26. The molecule has 4 heterocycles. The summed E-state index contributed by atoms with van der Waals surface area (Å²) in [4.78, 5) is 23.1. The van der Waals surface area contributed by atoms with Crippen LogP contribution < -0.4 is 15.0 Å². The Morgan fingerprint density at radius 1 is 1.03 bits per heavy atom. The van der Waals surface area contributed by atoms with Crippen LogP contribution in [0.25, 0.3) is 39.3 Å². The van der Waals surface area contributed by atoms with E-state index in [1.807, 2.05) is 36.4 Å². The van der Waals surface area contributed by atoms with Gasteiger partial charge in [0.05, 0.1) is 31.6 Å². The second-order valence-corrected chi connectivity index (χ2v) is 8.47. The largest absolute Gasteiger partial charge is 0.494 e. The SMILES string of the molecule is COc1cccc2oc(-c3c(C)nc4c(-c5ccccc5)c(OC5CCOCC5)[nH]n4c3=O)nc12. The first-order valence-electron chi connectivity index (χ1n) is 11.5. The van der Waals surface area contributed by atoms with Crippen molar-refractivity contribution in [3.05, 3.63) is 64.6 Å². The zero-order valence-corrected chi connectivity index (χ0v) is 19.4. The maximum Gasteiger partial charge on any atom is 0.285 e. The Morgan fingerprint density at radius 2 is 1.83 bits per heavy atom. The number of nitrogens with one attached hydrogen (secondary N) is 1. The first-order valence-corrected chi connectivity index (χ1v) is 11.5. The van der Waals surface area contributed by atoms with Crippen LogP contribution in [-0.4, -0.2) is 46.0 Å². The highest BCUT2D eigenvalue weighted by atomic mass is 16.5. The summed E-state index contributed by atoms with van der Waals surface area (Å²) in [6.07, 6.45) is 1.54. The fraction of sp³-hybridized carbons (Fsp3) is 0.269. The highest BCUT2D eigenvalue weighted by Gasteiger charge is 2.26. The first-order chi connectivity index (χ1) is 17.1. The number of fused-ring (bicyclic) bond motifs is 2. The molecule has 9 nitrogen and oxygen atoms in total. The van der Waals surface area contributed by atoms with Gasteiger partial charge in [0.25, 0.3) is 5.56 Å². The van der Waals surface area contributed by atoms with E-state index in [0.717, 1.165) is 24.0 Å². The van der Waals surface area contributed by atoms with Crippen molar-refractivity contribution in [2.45, 2.75) is 25.9 Å². The number of ether oxygens (including phenoxy) is 3. The molecular formula is C26H24N4O5. The van der Waals surface area contributed by atoms with Gasteiger partial charge in [-0.3, -0.25) is 9.89 Å². The van der Waals surface area contributed by atoms with Crippen molar-refractivity contribution in [1.82, 2.24) is 19.6 Å². The molecule has 178 valence electrons. The lowest BCUT2D eigenvalue weighted by atomic mass is 10.1. The minimum absolute atomic E-state index is 0.0138. The Morgan fingerprint density at radius 3 is 2.60 bits per heavy atom. The summed E-state index contributed by atoms with van der Waals surface area (Å²) in [5.74, 6) is 1.27. The Labute approximate surface area is 200 Å². The standard InChI is InChI=1S/C26H24N4O5/c1-15-20(24-28-22-18(32-2)9-6-10-19(22)35-24)26(31)30-23(27-15)21(16-7-4-3-5-8-16)25(29-30)34-17-11-13-33-14-12-17/h3-10,17,29H,11-14H2,1-2H3. The molecule has 35 heavy (non-hydrogen) atoms. The number of hydrogen-bond acceptors (Lipinski definition) is 7. The van der Waals surface area contributed by atoms with E-state index in [-0.39, 0.29) is 23.1 Å². The Bertz CT molecular complexity index is 1580. The Kier molecular flexibility index (Phi) is 5.26. The van der Waals surface area contributed by atoms with Crippen molar-refractivity contribution < 1.29 is 18.6 Å². The molecule has 1 aliphatic rings. The topological polar surface area (TPSA) is 104 Å². The van der Waals surface area contributed by atoms with Gasteiger partial charge < -0.3 is 18.6 Å². The molecule has 9 heteroatoms. The van der Waals surface area contributed by atoms with Crippen molar-refractivity contribution in [2.75, 3.05) is 20.3 Å². The number of para-hydroxylation sites is 1. The number of aromatic nitrogens is 4. The van der Waals surface area contributed by atoms with Crippen molar-refractivity contribution in [1.29, 1.82) is 0 Å². The van der Waals surface area contributed by atoms with Crippen LogP contribution in [0, 0.1) is 6.92 Å². The summed E-state index contributed by atoms with van der Waals surface area (Å²) < 4.78 is 24.6. The third-order valence-electron chi connectivity index (χ3n) is 6.26. The smallest absolute Gasteiger partial charge is 0.285 e. The summed E-state index contributed by atoms with van der Waals surface area (Å²) in [6.45, 7) is 3.08. The number of H-pyrrole nitrogens is 1. The van der Waals surface area contributed by atoms with Gasteiger partial charge in [0, 0.05) is 12.8 Å². The lowest BCUT2D eigenvalue weighted by Crippen LogP contribution is -2.26. The van der Waals surface area contributed by atoms with Crippen LogP contribution in [-0.2, 0) is 4.74 Å². The molecule has 0 radical (unpaired) electrons. The molecule has 1 N–H and O–H groups in total. The fourth-order valence-corrected chi connectivity index (χ4v) is 4.51. The molecule has 5 aromatic rings. The van der Waals surface area contributed by atoms with Crippen LogP contribution in [0.3, 0.4) is 0 Å². The molecule has 0 amide bonds. The molecule has 0 spiro atoms. The van der Waals surface area contributed by atoms with Crippen molar-refractivity contribution >= 4 is 16.7 Å². The van der Waals surface area contributed by atoms with E-state index in [1.54, 1.807) is 26.2 Å². The highest BCUT2D eigenvalue weighted by Crippen LogP contribution is 2.35. The van der Waals surface area contributed by atoms with Gasteiger partial charge in [0.1, 0.15) is 17.4 Å². The molecule has 0 unspecified atom stereocenters. The zero-order valence-electron chi connectivity index (χ0n) is 19.4. The van der Waals surface area contributed by atoms with Crippen LogP contribution in [0.1, 0.15) is 18.5 Å². The van der Waals surface area contributed by atoms with E-state index in [4.69, 9.17) is 23.6 Å². The highest BCUT2D eigenvalue weighted by molar-refractivity contribution is 5.84. The molecule has 1 aliphatic heterocycles. The number of aryl methyl sites for hydroxylation is 1. The van der Waals surface area contributed by atoms with Gasteiger partial charge >= 0.3 is 0 Å². The minimum atomic E-state index is -0.322. The molecule has 6 rings (SSSR count). The van der Waals surface area contributed by atoms with E-state index in [0.29, 0.717) is 47.3 Å². The van der Waals surface area contributed by atoms with Crippen molar-refractivity contribution in [3.63, 3.8) is 0 Å². The van der Waals surface area contributed by atoms with Crippen molar-refractivity contribution in [3.8, 4) is 34.2 Å². The quantitative estimate of drug-likeness (QED) is 0.405. The van der Waals surface area contributed by atoms with Gasteiger partial charge in [0.15, 0.2) is 16.7 Å². The second-order valence-electron chi connectivity index (χ2n) is 8.47.